The van der Waals surface area contributed by atoms with Gasteiger partial charge >= 0.3 is 12.1 Å². The minimum atomic E-state index is -4.99. The molecule has 1 aliphatic heterocycles. The molecule has 1 atom stereocenters. The van der Waals surface area contributed by atoms with E-state index in [0.717, 1.165) is 22.9 Å². The van der Waals surface area contributed by atoms with E-state index in [1.165, 1.54) is 11.9 Å². The van der Waals surface area contributed by atoms with E-state index in [9.17, 15) is 23.2 Å². The van der Waals surface area contributed by atoms with Gasteiger partial charge in [-0.15, -0.1) is 0 Å². The maximum atomic E-state index is 12.8. The zero-order valence-corrected chi connectivity index (χ0v) is 16.4. The van der Waals surface area contributed by atoms with Crippen LogP contribution in [0.1, 0.15) is 25.8 Å². The Morgan fingerprint density at radius 1 is 1.24 bits per heavy atom. The molecule has 0 aliphatic carbocycles. The molecule has 5 nitrogen and oxygen atoms in total. The summed E-state index contributed by atoms with van der Waals surface area (Å²) in [5.41, 5.74) is 2.58. The first kappa shape index (κ1) is 20.7. The van der Waals surface area contributed by atoms with Crippen molar-refractivity contribution in [1.82, 2.24) is 5.32 Å². The van der Waals surface area contributed by atoms with Crippen LogP contribution in [0.15, 0.2) is 53.6 Å². The molecule has 0 spiro atoms. The van der Waals surface area contributed by atoms with Gasteiger partial charge in [-0.25, -0.2) is 5.01 Å². The minimum Gasteiger partial charge on any atom is -0.315 e. The average Bonchev–Trinajstić information content (AvgIpc) is 3.03. The number of hydrazone groups is 1. The van der Waals surface area contributed by atoms with Crippen molar-refractivity contribution in [3.05, 3.63) is 54.1 Å². The quantitative estimate of drug-likeness (QED) is 0.770. The van der Waals surface area contributed by atoms with Gasteiger partial charge in [0.2, 0.25) is 0 Å². The van der Waals surface area contributed by atoms with E-state index in [1.807, 2.05) is 24.4 Å². The van der Waals surface area contributed by atoms with E-state index in [0.29, 0.717) is 22.7 Å². The Morgan fingerprint density at radius 3 is 2.48 bits per heavy atom. The van der Waals surface area contributed by atoms with Crippen molar-refractivity contribution < 1.29 is 18.0 Å². The first-order valence-corrected chi connectivity index (χ1v) is 9.55. The molecule has 0 radical (unpaired) electrons. The predicted octanol–water partition coefficient (Wildman–Crippen LogP) is 4.85. The molecule has 0 saturated carbocycles. The first-order chi connectivity index (χ1) is 13.7. The van der Waals surface area contributed by atoms with Crippen molar-refractivity contribution in [1.29, 1.82) is 5.26 Å². The Kier molecular flexibility index (Phi) is 5.57. The highest BCUT2D eigenvalue weighted by Crippen LogP contribution is 2.40. The van der Waals surface area contributed by atoms with Crippen LogP contribution in [0.25, 0.3) is 11.1 Å². The fourth-order valence-electron chi connectivity index (χ4n) is 2.92. The molecule has 2 aromatic rings. The second-order valence-electron chi connectivity index (χ2n) is 6.40. The highest BCUT2D eigenvalue weighted by atomic mass is 32.2. The number of alkyl halides is 3. The number of anilines is 1. The number of nitrogens with zero attached hydrogens (tertiary/aromatic N) is 3. The van der Waals surface area contributed by atoms with Crippen molar-refractivity contribution in [3.8, 4) is 17.2 Å². The van der Waals surface area contributed by atoms with Crippen LogP contribution in [0, 0.1) is 11.3 Å². The number of nitrogens with one attached hydrogen (secondary N) is 1. The first-order valence-electron chi connectivity index (χ1n) is 8.73. The van der Waals surface area contributed by atoms with Crippen LogP contribution >= 0.6 is 11.8 Å². The van der Waals surface area contributed by atoms with Crippen molar-refractivity contribution in [2.45, 2.75) is 31.4 Å². The van der Waals surface area contributed by atoms with Crippen molar-refractivity contribution in [3.63, 3.8) is 0 Å². The van der Waals surface area contributed by atoms with Crippen LogP contribution in [-0.4, -0.2) is 22.1 Å². The summed E-state index contributed by atoms with van der Waals surface area (Å²) >= 11 is 1.07. The zero-order chi connectivity index (χ0) is 21.2. The third-order valence-electron chi connectivity index (χ3n) is 4.31. The smallest absolute Gasteiger partial charge is 0.315 e. The van der Waals surface area contributed by atoms with Gasteiger partial charge in [0.15, 0.2) is 4.99 Å². The zero-order valence-electron chi connectivity index (χ0n) is 15.6. The summed E-state index contributed by atoms with van der Waals surface area (Å²) in [7, 11) is 0. The lowest BCUT2D eigenvalue weighted by molar-refractivity contribution is -0.174. The number of halogens is 3. The molecular weight excluding hydrogens is 401 g/mol. The number of rotatable bonds is 4. The van der Waals surface area contributed by atoms with Crippen LogP contribution < -0.4 is 10.3 Å². The van der Waals surface area contributed by atoms with Gasteiger partial charge < -0.3 is 5.32 Å². The summed E-state index contributed by atoms with van der Waals surface area (Å²) < 4.78 is 38.4. The number of amides is 1. The summed E-state index contributed by atoms with van der Waals surface area (Å²) in [5.74, 6) is -2.02. The summed E-state index contributed by atoms with van der Waals surface area (Å²) in [6, 6.07) is 16.2. The molecule has 0 aromatic heterocycles. The van der Waals surface area contributed by atoms with Gasteiger partial charge in [-0.3, -0.25) is 4.79 Å². The van der Waals surface area contributed by atoms with Gasteiger partial charge in [0.25, 0.3) is 0 Å². The normalized spacial score (nSPS) is 18.9. The lowest BCUT2D eigenvalue weighted by Crippen LogP contribution is -2.56. The molecule has 1 amide bonds. The molecule has 0 saturated heterocycles. The maximum absolute atomic E-state index is 12.8. The van der Waals surface area contributed by atoms with Crippen LogP contribution in [0.3, 0.4) is 0 Å². The SMILES string of the molecule is CCC1=NN(c2ccc(-c3ccccc3C#N)cc2)C(C)(NC(=O)C(F)(F)F)S1. The Morgan fingerprint density at radius 2 is 1.90 bits per heavy atom. The maximum Gasteiger partial charge on any atom is 0.471 e. The molecule has 0 bridgehead atoms. The molecule has 1 aliphatic rings. The largest absolute Gasteiger partial charge is 0.471 e. The fraction of sp³-hybridized carbons (Fsp3) is 0.250. The standard InChI is InChI=1S/C20H17F3N4OS/c1-3-17-26-27(19(2,29-17)25-18(28)20(21,22)23)15-10-8-13(9-11-15)16-7-5-4-6-14(16)12-24/h4-11H,3H2,1-2H3,(H,25,28). The van der Waals surface area contributed by atoms with Gasteiger partial charge in [-0.05, 0) is 42.7 Å². The molecule has 150 valence electrons. The molecule has 1 unspecified atom stereocenters. The van der Waals surface area contributed by atoms with Crippen molar-refractivity contribution in [2.75, 3.05) is 5.01 Å². The number of benzene rings is 2. The van der Waals surface area contributed by atoms with Crippen LogP contribution in [-0.2, 0) is 4.79 Å². The van der Waals surface area contributed by atoms with Gasteiger partial charge in [0.1, 0.15) is 0 Å². The van der Waals surface area contributed by atoms with Crippen molar-refractivity contribution in [2.24, 2.45) is 5.10 Å². The van der Waals surface area contributed by atoms with Gasteiger partial charge in [0, 0.05) is 0 Å². The minimum absolute atomic E-state index is 0.518. The molecule has 1 heterocycles. The molecule has 3 rings (SSSR count). The van der Waals surface area contributed by atoms with Crippen LogP contribution in [0.2, 0.25) is 0 Å². The van der Waals surface area contributed by atoms with E-state index >= 15 is 0 Å². The molecule has 0 fully saturated rings. The third kappa shape index (κ3) is 4.22. The summed E-state index contributed by atoms with van der Waals surface area (Å²) in [6.07, 6.45) is -4.47. The predicted molar refractivity (Wildman–Crippen MR) is 107 cm³/mol. The van der Waals surface area contributed by atoms with E-state index in [-0.39, 0.29) is 0 Å². The number of thioether (sulfide) groups is 1. The molecule has 9 heteroatoms. The second kappa shape index (κ2) is 7.79. The van der Waals surface area contributed by atoms with Gasteiger partial charge in [-0.1, -0.05) is 49.0 Å². The van der Waals surface area contributed by atoms with E-state index in [2.05, 4.69) is 11.2 Å². The number of carbonyl (C=O) groups is 1. The van der Waals surface area contributed by atoms with Crippen LogP contribution in [0.4, 0.5) is 18.9 Å². The number of nitriles is 1. The van der Waals surface area contributed by atoms with E-state index < -0.39 is 17.1 Å². The molecule has 29 heavy (non-hydrogen) atoms. The highest BCUT2D eigenvalue weighted by molar-refractivity contribution is 8.15. The number of hydrogen-bond acceptors (Lipinski definition) is 5. The highest BCUT2D eigenvalue weighted by Gasteiger charge is 2.48. The Bertz CT molecular complexity index is 998. The summed E-state index contributed by atoms with van der Waals surface area (Å²) in [5, 5.41) is 17.7. The Balaban J connectivity index is 1.93. The lowest BCUT2D eigenvalue weighted by Gasteiger charge is -2.34. The molecular formula is C20H17F3N4OS. The average molecular weight is 418 g/mol. The van der Waals surface area contributed by atoms with Crippen molar-refractivity contribution >= 4 is 28.4 Å². The number of hydrogen-bond donors (Lipinski definition) is 1. The molecule has 2 aromatic carbocycles. The van der Waals surface area contributed by atoms with Gasteiger partial charge in [-0.2, -0.15) is 23.5 Å². The number of carbonyl (C=O) groups excluding carboxylic acids is 1. The third-order valence-corrected chi connectivity index (χ3v) is 5.59. The Hall–Kier alpha value is -2.99. The Labute approximate surface area is 170 Å². The van der Waals surface area contributed by atoms with Gasteiger partial charge in [0.05, 0.1) is 22.4 Å². The topological polar surface area (TPSA) is 68.5 Å². The van der Waals surface area contributed by atoms with E-state index in [4.69, 9.17) is 0 Å². The lowest BCUT2D eigenvalue weighted by atomic mass is 10.0. The second-order valence-corrected chi connectivity index (χ2v) is 7.87. The fourth-order valence-corrected chi connectivity index (χ4v) is 4.02. The van der Waals surface area contributed by atoms with E-state index in [1.54, 1.807) is 36.4 Å². The summed E-state index contributed by atoms with van der Waals surface area (Å²) in [4.78, 5) is 10.1. The monoisotopic (exact) mass is 418 g/mol. The molecule has 1 N–H and O–H groups in total. The summed E-state index contributed by atoms with van der Waals surface area (Å²) in [6.45, 7) is 3.32. The van der Waals surface area contributed by atoms with Crippen LogP contribution in [0.5, 0.6) is 0 Å².